The molecule has 7 nitrogen and oxygen atoms in total. The number of ether oxygens (including phenoxy) is 1. The van der Waals surface area contributed by atoms with E-state index in [9.17, 15) is 14.4 Å². The van der Waals surface area contributed by atoms with Gasteiger partial charge in [-0.2, -0.15) is 0 Å². The second-order valence-electron chi connectivity index (χ2n) is 7.66. The number of hydrogen-bond donors (Lipinski definition) is 1. The Kier molecular flexibility index (Phi) is 5.65. The van der Waals surface area contributed by atoms with Crippen LogP contribution >= 0.6 is 0 Å². The van der Waals surface area contributed by atoms with Gasteiger partial charge in [0, 0.05) is 12.1 Å². The Bertz CT molecular complexity index is 925. The van der Waals surface area contributed by atoms with Crippen LogP contribution in [0.4, 0.5) is 4.79 Å². The van der Waals surface area contributed by atoms with Crippen LogP contribution in [0.25, 0.3) is 10.8 Å². The first kappa shape index (κ1) is 19.8. The van der Waals surface area contributed by atoms with Gasteiger partial charge in [-0.1, -0.05) is 32.0 Å². The zero-order valence-corrected chi connectivity index (χ0v) is 16.7. The Morgan fingerprint density at radius 1 is 0.964 bits per heavy atom. The van der Waals surface area contributed by atoms with E-state index in [0.29, 0.717) is 6.54 Å². The number of rotatable bonds is 7. The number of carbonyl (C=O) groups excluding carboxylic acids is 3. The fourth-order valence-electron chi connectivity index (χ4n) is 3.40. The molecule has 1 fully saturated rings. The van der Waals surface area contributed by atoms with Gasteiger partial charge in [0.1, 0.15) is 12.3 Å². The first-order valence-corrected chi connectivity index (χ1v) is 9.35. The van der Waals surface area contributed by atoms with Crippen molar-refractivity contribution in [3.8, 4) is 5.75 Å². The molecule has 0 aromatic heterocycles. The molecule has 28 heavy (non-hydrogen) atoms. The molecule has 0 aliphatic carbocycles. The minimum absolute atomic E-state index is 0.113. The molecule has 148 valence electrons. The Labute approximate surface area is 164 Å². The molecule has 1 aliphatic rings. The lowest BCUT2D eigenvalue weighted by Crippen LogP contribution is -3.09. The normalized spacial score (nSPS) is 15.8. The molecule has 0 saturated carbocycles. The van der Waals surface area contributed by atoms with Gasteiger partial charge in [-0.05, 0) is 34.9 Å². The summed E-state index contributed by atoms with van der Waals surface area (Å²) in [5.74, 6) is -0.548. The fraction of sp³-hybridized carbons (Fsp3) is 0.381. The van der Waals surface area contributed by atoms with Crippen molar-refractivity contribution in [2.24, 2.45) is 5.92 Å². The molecule has 2 aromatic rings. The predicted octanol–water partition coefficient (Wildman–Crippen LogP) is 1.27. The highest BCUT2D eigenvalue weighted by Gasteiger charge is 2.45. The van der Waals surface area contributed by atoms with Crippen molar-refractivity contribution in [2.75, 3.05) is 27.4 Å². The number of urea groups is 1. The van der Waals surface area contributed by atoms with E-state index in [4.69, 9.17) is 4.74 Å². The average molecular weight is 384 g/mol. The van der Waals surface area contributed by atoms with Crippen LogP contribution in [-0.4, -0.2) is 55.0 Å². The standard InChI is InChI=1S/C21H25N3O4/c1-14(2)11-23-19(25)20(26)24(21(23)27)13-22(3)12-15-5-6-17-10-18(28-4)8-7-16(17)9-15/h5-10,14H,11-13H2,1-4H3/p+1. The van der Waals surface area contributed by atoms with Gasteiger partial charge in [-0.25, -0.2) is 9.69 Å². The van der Waals surface area contributed by atoms with E-state index in [2.05, 4.69) is 6.07 Å². The molecule has 1 saturated heterocycles. The monoisotopic (exact) mass is 384 g/mol. The first-order chi connectivity index (χ1) is 13.3. The van der Waals surface area contributed by atoms with Gasteiger partial charge >= 0.3 is 17.8 Å². The molecule has 1 unspecified atom stereocenters. The number of amides is 4. The maximum Gasteiger partial charge on any atom is 0.338 e. The number of carbonyl (C=O) groups is 3. The largest absolute Gasteiger partial charge is 0.497 e. The molecule has 4 amide bonds. The number of methoxy groups -OCH3 is 1. The van der Waals surface area contributed by atoms with Gasteiger partial charge in [0.2, 0.25) is 0 Å². The van der Waals surface area contributed by atoms with Gasteiger partial charge < -0.3 is 9.64 Å². The third-order valence-electron chi connectivity index (χ3n) is 4.73. The van der Waals surface area contributed by atoms with Crippen LogP contribution in [-0.2, 0) is 16.1 Å². The van der Waals surface area contributed by atoms with E-state index in [0.717, 1.165) is 36.8 Å². The van der Waals surface area contributed by atoms with Crippen molar-refractivity contribution >= 4 is 28.6 Å². The highest BCUT2D eigenvalue weighted by molar-refractivity contribution is 6.44. The molecule has 0 bridgehead atoms. The van der Waals surface area contributed by atoms with Crippen molar-refractivity contribution < 1.29 is 24.0 Å². The molecule has 2 aromatic carbocycles. The number of hydrogen-bond acceptors (Lipinski definition) is 4. The van der Waals surface area contributed by atoms with E-state index in [1.165, 1.54) is 0 Å². The maximum absolute atomic E-state index is 12.5. The quantitative estimate of drug-likeness (QED) is 0.576. The number of quaternary nitrogens is 1. The van der Waals surface area contributed by atoms with Crippen LogP contribution in [0.1, 0.15) is 19.4 Å². The third kappa shape index (κ3) is 3.99. The molecule has 0 spiro atoms. The molecular weight excluding hydrogens is 358 g/mol. The zero-order valence-electron chi connectivity index (χ0n) is 16.7. The van der Waals surface area contributed by atoms with E-state index in [1.54, 1.807) is 7.11 Å². The summed E-state index contributed by atoms with van der Waals surface area (Å²) in [6, 6.07) is 11.5. The Balaban J connectivity index is 1.69. The summed E-state index contributed by atoms with van der Waals surface area (Å²) >= 11 is 0. The molecular formula is C21H26N3O4+. The van der Waals surface area contributed by atoms with Crippen molar-refractivity contribution in [1.82, 2.24) is 9.80 Å². The van der Waals surface area contributed by atoms with Crippen molar-refractivity contribution in [1.29, 1.82) is 0 Å². The summed E-state index contributed by atoms with van der Waals surface area (Å²) in [6.07, 6.45) is 0. The van der Waals surface area contributed by atoms with E-state index >= 15 is 0 Å². The van der Waals surface area contributed by atoms with Crippen LogP contribution in [0.15, 0.2) is 36.4 Å². The van der Waals surface area contributed by atoms with Gasteiger partial charge in [0.15, 0.2) is 6.67 Å². The van der Waals surface area contributed by atoms with Gasteiger partial charge in [0.25, 0.3) is 0 Å². The maximum atomic E-state index is 12.5. The first-order valence-electron chi connectivity index (χ1n) is 9.35. The fourth-order valence-corrected chi connectivity index (χ4v) is 3.40. The predicted molar refractivity (Wildman–Crippen MR) is 105 cm³/mol. The molecule has 7 heteroatoms. The van der Waals surface area contributed by atoms with Crippen molar-refractivity contribution in [3.05, 3.63) is 42.0 Å². The third-order valence-corrected chi connectivity index (χ3v) is 4.73. The molecule has 0 radical (unpaired) electrons. The Morgan fingerprint density at radius 3 is 2.29 bits per heavy atom. The smallest absolute Gasteiger partial charge is 0.338 e. The van der Waals surface area contributed by atoms with E-state index in [-0.39, 0.29) is 19.1 Å². The Hall–Kier alpha value is -2.93. The summed E-state index contributed by atoms with van der Waals surface area (Å²) in [5, 5.41) is 2.18. The molecule has 3 rings (SSSR count). The summed E-state index contributed by atoms with van der Waals surface area (Å²) in [7, 11) is 3.54. The second kappa shape index (κ2) is 7.98. The number of imide groups is 2. The second-order valence-corrected chi connectivity index (χ2v) is 7.66. The topological polar surface area (TPSA) is 71.4 Å². The number of nitrogens with zero attached hydrogens (tertiary/aromatic N) is 2. The van der Waals surface area contributed by atoms with Gasteiger partial charge in [-0.15, -0.1) is 0 Å². The van der Waals surface area contributed by atoms with Crippen LogP contribution in [0.2, 0.25) is 0 Å². The summed E-state index contributed by atoms with van der Waals surface area (Å²) in [5.41, 5.74) is 1.08. The SMILES string of the molecule is COc1ccc2cc(C[NH+](C)CN3C(=O)C(=O)N(CC(C)C)C3=O)ccc2c1. The van der Waals surface area contributed by atoms with Crippen LogP contribution in [0.5, 0.6) is 5.75 Å². The van der Waals surface area contributed by atoms with E-state index in [1.807, 2.05) is 51.2 Å². The summed E-state index contributed by atoms with van der Waals surface area (Å²) in [4.78, 5) is 39.8. The number of nitrogens with one attached hydrogen (secondary N) is 1. The van der Waals surface area contributed by atoms with Crippen molar-refractivity contribution in [3.63, 3.8) is 0 Å². The van der Waals surface area contributed by atoms with Crippen LogP contribution < -0.4 is 9.64 Å². The number of fused-ring (bicyclic) bond motifs is 1. The summed E-state index contributed by atoms with van der Waals surface area (Å²) < 4.78 is 5.25. The highest BCUT2D eigenvalue weighted by Crippen LogP contribution is 2.21. The lowest BCUT2D eigenvalue weighted by atomic mass is 10.1. The van der Waals surface area contributed by atoms with Crippen molar-refractivity contribution in [2.45, 2.75) is 20.4 Å². The highest BCUT2D eigenvalue weighted by atomic mass is 16.5. The van der Waals surface area contributed by atoms with Crippen LogP contribution in [0.3, 0.4) is 0 Å². The summed E-state index contributed by atoms with van der Waals surface area (Å²) in [6.45, 7) is 4.84. The Morgan fingerprint density at radius 2 is 1.61 bits per heavy atom. The molecule has 1 N–H and O–H groups in total. The molecule has 1 aliphatic heterocycles. The van der Waals surface area contributed by atoms with Gasteiger partial charge in [-0.3, -0.25) is 14.5 Å². The molecule has 1 heterocycles. The van der Waals surface area contributed by atoms with E-state index < -0.39 is 17.8 Å². The zero-order chi connectivity index (χ0) is 20.4. The number of benzene rings is 2. The lowest BCUT2D eigenvalue weighted by molar-refractivity contribution is -0.901. The minimum atomic E-state index is -0.740. The van der Waals surface area contributed by atoms with Gasteiger partial charge in [0.05, 0.1) is 14.2 Å². The minimum Gasteiger partial charge on any atom is -0.497 e. The van der Waals surface area contributed by atoms with Crippen LogP contribution in [0, 0.1) is 5.92 Å². The average Bonchev–Trinajstić information content (AvgIpc) is 2.85. The lowest BCUT2D eigenvalue weighted by Gasteiger charge is -2.20. The molecule has 1 atom stereocenters.